The molecule has 122 valence electrons. The van der Waals surface area contributed by atoms with E-state index in [0.717, 1.165) is 43.6 Å². The van der Waals surface area contributed by atoms with Crippen molar-refractivity contribution in [3.05, 3.63) is 53.7 Å². The van der Waals surface area contributed by atoms with E-state index in [-0.39, 0.29) is 11.9 Å². The summed E-state index contributed by atoms with van der Waals surface area (Å²) in [4.78, 5) is 19.3. The molecule has 1 saturated heterocycles. The molecule has 1 aliphatic heterocycles. The summed E-state index contributed by atoms with van der Waals surface area (Å²) in [5, 5.41) is 3.40. The largest absolute Gasteiger partial charge is 0.459 e. The Balaban J connectivity index is 1.86. The van der Waals surface area contributed by atoms with E-state index in [1.54, 1.807) is 12.5 Å². The second-order valence-corrected chi connectivity index (χ2v) is 6.02. The second-order valence-electron chi connectivity index (χ2n) is 6.02. The second kappa shape index (κ2) is 7.42. The van der Waals surface area contributed by atoms with Crippen molar-refractivity contribution in [2.24, 2.45) is 0 Å². The maximum atomic E-state index is 13.0. The maximum Gasteiger partial charge on any atom is 0.290 e. The molecule has 1 fully saturated rings. The molecule has 1 aliphatic rings. The molecule has 23 heavy (non-hydrogen) atoms. The number of carbonyl (C=O) groups is 1. The highest BCUT2D eigenvalue weighted by Gasteiger charge is 2.28. The summed E-state index contributed by atoms with van der Waals surface area (Å²) < 4.78 is 5.44. The number of aromatic nitrogens is 1. The van der Waals surface area contributed by atoms with Crippen LogP contribution in [0.25, 0.3) is 0 Å². The summed E-state index contributed by atoms with van der Waals surface area (Å²) in [5.41, 5.74) is 1.79. The van der Waals surface area contributed by atoms with Gasteiger partial charge in [0.25, 0.3) is 5.91 Å². The highest BCUT2D eigenvalue weighted by atomic mass is 16.3. The van der Waals surface area contributed by atoms with E-state index in [1.807, 2.05) is 36.1 Å². The number of furan rings is 1. The molecule has 0 aliphatic carbocycles. The number of nitrogens with zero attached hydrogens (tertiary/aromatic N) is 2. The maximum absolute atomic E-state index is 13.0. The van der Waals surface area contributed by atoms with E-state index in [4.69, 9.17) is 4.42 Å². The molecule has 1 N–H and O–H groups in total. The molecule has 1 atom stereocenters. The van der Waals surface area contributed by atoms with Gasteiger partial charge in [-0.25, -0.2) is 0 Å². The zero-order valence-electron chi connectivity index (χ0n) is 13.5. The number of rotatable bonds is 4. The van der Waals surface area contributed by atoms with Gasteiger partial charge in [0.05, 0.1) is 18.5 Å². The molecule has 0 saturated carbocycles. The lowest BCUT2D eigenvalue weighted by Gasteiger charge is -2.30. The quantitative estimate of drug-likeness (QED) is 0.943. The van der Waals surface area contributed by atoms with Crippen LogP contribution in [0.2, 0.25) is 0 Å². The lowest BCUT2D eigenvalue weighted by atomic mass is 10.1. The summed E-state index contributed by atoms with van der Waals surface area (Å²) in [7, 11) is 0. The topological polar surface area (TPSA) is 58.4 Å². The van der Waals surface area contributed by atoms with E-state index >= 15 is 0 Å². The van der Waals surface area contributed by atoms with Crippen molar-refractivity contribution in [1.29, 1.82) is 0 Å². The standard InChI is InChI=1S/C18H23N3O2/c1-14-8-12-23-17(14)18(22)21(13-15-5-2-3-10-20-15)16-6-4-9-19-11-7-16/h2-3,5,8,10,12,16,19H,4,6-7,9,11,13H2,1H3. The highest BCUT2D eigenvalue weighted by molar-refractivity contribution is 5.93. The van der Waals surface area contributed by atoms with Crippen molar-refractivity contribution in [3.63, 3.8) is 0 Å². The fourth-order valence-corrected chi connectivity index (χ4v) is 3.07. The normalized spacial score (nSPS) is 18.4. The predicted octanol–water partition coefficient (Wildman–Crippen LogP) is 2.77. The third-order valence-corrected chi connectivity index (χ3v) is 4.36. The van der Waals surface area contributed by atoms with E-state index in [2.05, 4.69) is 10.3 Å². The first-order valence-electron chi connectivity index (χ1n) is 8.21. The van der Waals surface area contributed by atoms with Crippen molar-refractivity contribution in [3.8, 4) is 0 Å². The van der Waals surface area contributed by atoms with Gasteiger partial charge < -0.3 is 14.6 Å². The van der Waals surface area contributed by atoms with Crippen LogP contribution in [0.1, 0.15) is 41.1 Å². The minimum absolute atomic E-state index is 0.0370. The smallest absolute Gasteiger partial charge is 0.290 e. The van der Waals surface area contributed by atoms with Crippen molar-refractivity contribution in [2.75, 3.05) is 13.1 Å². The first-order chi connectivity index (χ1) is 11.3. The Morgan fingerprint density at radius 1 is 1.35 bits per heavy atom. The van der Waals surface area contributed by atoms with Gasteiger partial charge in [-0.1, -0.05) is 6.07 Å². The van der Waals surface area contributed by atoms with Gasteiger partial charge in [-0.05, 0) is 57.5 Å². The molecular formula is C18H23N3O2. The molecule has 0 radical (unpaired) electrons. The average Bonchev–Trinajstić information content (AvgIpc) is 2.84. The minimum atomic E-state index is -0.0370. The SMILES string of the molecule is Cc1ccoc1C(=O)N(Cc1ccccn1)C1CCCNCC1. The number of pyridine rings is 1. The molecule has 0 spiro atoms. The van der Waals surface area contributed by atoms with Crippen LogP contribution < -0.4 is 5.32 Å². The molecule has 5 heteroatoms. The van der Waals surface area contributed by atoms with Crippen LogP contribution in [-0.4, -0.2) is 34.9 Å². The van der Waals surface area contributed by atoms with Crippen molar-refractivity contribution in [2.45, 2.75) is 38.8 Å². The first-order valence-corrected chi connectivity index (χ1v) is 8.21. The summed E-state index contributed by atoms with van der Waals surface area (Å²) in [5.74, 6) is 0.406. The Morgan fingerprint density at radius 3 is 3.00 bits per heavy atom. The summed E-state index contributed by atoms with van der Waals surface area (Å²) >= 11 is 0. The summed E-state index contributed by atoms with van der Waals surface area (Å²) in [6, 6.07) is 7.86. The van der Waals surface area contributed by atoms with Gasteiger partial charge >= 0.3 is 0 Å². The number of nitrogens with one attached hydrogen (secondary N) is 1. The highest BCUT2D eigenvalue weighted by Crippen LogP contribution is 2.21. The van der Waals surface area contributed by atoms with Crippen LogP contribution in [0.3, 0.4) is 0 Å². The van der Waals surface area contributed by atoms with Gasteiger partial charge in [0.2, 0.25) is 0 Å². The lowest BCUT2D eigenvalue weighted by Crippen LogP contribution is -2.40. The van der Waals surface area contributed by atoms with Gasteiger partial charge in [0.1, 0.15) is 0 Å². The molecule has 3 heterocycles. The third-order valence-electron chi connectivity index (χ3n) is 4.36. The molecule has 1 amide bonds. The lowest BCUT2D eigenvalue weighted by molar-refractivity contribution is 0.0608. The predicted molar refractivity (Wildman–Crippen MR) is 88.1 cm³/mol. The number of hydrogen-bond acceptors (Lipinski definition) is 4. The van der Waals surface area contributed by atoms with Crippen LogP contribution in [0, 0.1) is 6.92 Å². The number of aryl methyl sites for hydroxylation is 1. The molecule has 1 unspecified atom stereocenters. The van der Waals surface area contributed by atoms with E-state index in [0.29, 0.717) is 12.3 Å². The van der Waals surface area contributed by atoms with Crippen molar-refractivity contribution < 1.29 is 9.21 Å². The fourth-order valence-electron chi connectivity index (χ4n) is 3.07. The monoisotopic (exact) mass is 313 g/mol. The zero-order chi connectivity index (χ0) is 16.1. The molecular weight excluding hydrogens is 290 g/mol. The Labute approximate surface area is 136 Å². The molecule has 2 aromatic rings. The zero-order valence-corrected chi connectivity index (χ0v) is 13.5. The molecule has 3 rings (SSSR count). The molecule has 5 nitrogen and oxygen atoms in total. The Hall–Kier alpha value is -2.14. The van der Waals surface area contributed by atoms with Crippen LogP contribution in [-0.2, 0) is 6.54 Å². The van der Waals surface area contributed by atoms with Gasteiger partial charge in [0.15, 0.2) is 5.76 Å². The Morgan fingerprint density at radius 2 is 2.26 bits per heavy atom. The van der Waals surface area contributed by atoms with E-state index in [9.17, 15) is 4.79 Å². The number of carbonyl (C=O) groups excluding carboxylic acids is 1. The number of hydrogen-bond donors (Lipinski definition) is 1. The Kier molecular flexibility index (Phi) is 5.08. The van der Waals surface area contributed by atoms with Crippen LogP contribution in [0.4, 0.5) is 0 Å². The van der Waals surface area contributed by atoms with E-state index < -0.39 is 0 Å². The van der Waals surface area contributed by atoms with Gasteiger partial charge in [-0.15, -0.1) is 0 Å². The molecule has 2 aromatic heterocycles. The average molecular weight is 313 g/mol. The third kappa shape index (κ3) is 3.79. The Bertz CT molecular complexity index is 631. The van der Waals surface area contributed by atoms with E-state index in [1.165, 1.54) is 0 Å². The molecule has 0 aromatic carbocycles. The first kappa shape index (κ1) is 15.7. The van der Waals surface area contributed by atoms with Crippen LogP contribution >= 0.6 is 0 Å². The van der Waals surface area contributed by atoms with Crippen LogP contribution in [0.15, 0.2) is 41.1 Å². The summed E-state index contributed by atoms with van der Waals surface area (Å²) in [6.45, 7) is 4.38. The van der Waals surface area contributed by atoms with Gasteiger partial charge in [-0.2, -0.15) is 0 Å². The van der Waals surface area contributed by atoms with Crippen molar-refractivity contribution >= 4 is 5.91 Å². The fraction of sp³-hybridized carbons (Fsp3) is 0.444. The minimum Gasteiger partial charge on any atom is -0.459 e. The van der Waals surface area contributed by atoms with Crippen molar-refractivity contribution in [1.82, 2.24) is 15.2 Å². The van der Waals surface area contributed by atoms with Crippen LogP contribution in [0.5, 0.6) is 0 Å². The van der Waals surface area contributed by atoms with Gasteiger partial charge in [-0.3, -0.25) is 9.78 Å². The molecule has 0 bridgehead atoms. The summed E-state index contributed by atoms with van der Waals surface area (Å²) in [6.07, 6.45) is 6.39. The number of amides is 1. The van der Waals surface area contributed by atoms with Gasteiger partial charge in [0, 0.05) is 17.8 Å².